The van der Waals surface area contributed by atoms with E-state index < -0.39 is 0 Å². The van der Waals surface area contributed by atoms with Crippen LogP contribution in [-0.2, 0) is 9.47 Å². The van der Waals surface area contributed by atoms with Gasteiger partial charge in [0.15, 0.2) is 5.96 Å². The standard InChI is InChI=1S/C19H38N4O2/c1-2-20-19(22-11-16-24-17-18-9-7-15-25-18)21-10-8-14-23-12-5-3-4-6-13-23/h18H,2-17H2,1H3,(H2,20,21,22). The molecule has 0 bridgehead atoms. The Labute approximate surface area is 153 Å². The first-order valence-corrected chi connectivity index (χ1v) is 10.3. The zero-order chi connectivity index (χ0) is 17.6. The van der Waals surface area contributed by atoms with E-state index >= 15 is 0 Å². The minimum atomic E-state index is 0.306. The molecule has 0 amide bonds. The van der Waals surface area contributed by atoms with Crippen molar-refractivity contribution in [3.8, 4) is 0 Å². The fourth-order valence-electron chi connectivity index (χ4n) is 3.42. The van der Waals surface area contributed by atoms with E-state index in [0.29, 0.717) is 19.3 Å². The summed E-state index contributed by atoms with van der Waals surface area (Å²) in [5.41, 5.74) is 0. The van der Waals surface area contributed by atoms with Gasteiger partial charge in [-0.15, -0.1) is 0 Å². The number of rotatable bonds is 10. The van der Waals surface area contributed by atoms with Crippen molar-refractivity contribution in [1.29, 1.82) is 0 Å². The third-order valence-electron chi connectivity index (χ3n) is 4.81. The molecule has 6 nitrogen and oxygen atoms in total. The van der Waals surface area contributed by atoms with Gasteiger partial charge in [0.1, 0.15) is 0 Å². The summed E-state index contributed by atoms with van der Waals surface area (Å²) in [6, 6.07) is 0. The maximum absolute atomic E-state index is 5.69. The van der Waals surface area contributed by atoms with Crippen LogP contribution in [0.4, 0.5) is 0 Å². The second-order valence-electron chi connectivity index (χ2n) is 7.01. The van der Waals surface area contributed by atoms with Crippen LogP contribution in [0.5, 0.6) is 0 Å². The number of hydrogen-bond donors (Lipinski definition) is 2. The van der Waals surface area contributed by atoms with Crippen LogP contribution in [0, 0.1) is 0 Å². The van der Waals surface area contributed by atoms with Crippen LogP contribution in [0.1, 0.15) is 51.9 Å². The first-order valence-electron chi connectivity index (χ1n) is 10.3. The summed E-state index contributed by atoms with van der Waals surface area (Å²) in [5, 5.41) is 6.66. The van der Waals surface area contributed by atoms with Gasteiger partial charge in [-0.2, -0.15) is 0 Å². The zero-order valence-corrected chi connectivity index (χ0v) is 16.1. The number of hydrogen-bond acceptors (Lipinski definition) is 4. The lowest BCUT2D eigenvalue weighted by atomic mass is 10.2. The van der Waals surface area contributed by atoms with Gasteiger partial charge >= 0.3 is 0 Å². The Bertz CT molecular complexity index is 351. The maximum Gasteiger partial charge on any atom is 0.191 e. The van der Waals surface area contributed by atoms with E-state index in [0.717, 1.165) is 45.0 Å². The Morgan fingerprint density at radius 1 is 1.16 bits per heavy atom. The van der Waals surface area contributed by atoms with Gasteiger partial charge in [-0.05, 0) is 58.7 Å². The summed E-state index contributed by atoms with van der Waals surface area (Å²) >= 11 is 0. The van der Waals surface area contributed by atoms with E-state index in [2.05, 4.69) is 27.4 Å². The van der Waals surface area contributed by atoms with Gasteiger partial charge in [-0.1, -0.05) is 12.8 Å². The molecular formula is C19H38N4O2. The molecule has 2 N–H and O–H groups in total. The monoisotopic (exact) mass is 354 g/mol. The van der Waals surface area contributed by atoms with Crippen molar-refractivity contribution in [2.45, 2.75) is 58.0 Å². The molecule has 0 spiro atoms. The smallest absolute Gasteiger partial charge is 0.191 e. The van der Waals surface area contributed by atoms with Crippen molar-refractivity contribution in [3.05, 3.63) is 0 Å². The summed E-state index contributed by atoms with van der Waals surface area (Å²) in [6.45, 7) is 10.6. The maximum atomic E-state index is 5.69. The van der Waals surface area contributed by atoms with Crippen molar-refractivity contribution in [2.75, 3.05) is 59.1 Å². The quantitative estimate of drug-likeness (QED) is 0.357. The predicted molar refractivity (Wildman–Crippen MR) is 103 cm³/mol. The molecule has 0 aliphatic carbocycles. The SMILES string of the molecule is CCNC(=NCCCN1CCCCCC1)NCCOCC1CCCO1. The lowest BCUT2D eigenvalue weighted by Gasteiger charge is -2.19. The minimum absolute atomic E-state index is 0.306. The summed E-state index contributed by atoms with van der Waals surface area (Å²) < 4.78 is 11.2. The summed E-state index contributed by atoms with van der Waals surface area (Å²) in [4.78, 5) is 7.28. The molecule has 2 aliphatic rings. The Morgan fingerprint density at radius 2 is 2.00 bits per heavy atom. The molecular weight excluding hydrogens is 316 g/mol. The highest BCUT2D eigenvalue weighted by Gasteiger charge is 2.15. The summed E-state index contributed by atoms with van der Waals surface area (Å²) in [6.07, 6.45) is 9.26. The van der Waals surface area contributed by atoms with Crippen LogP contribution in [0.25, 0.3) is 0 Å². The Hall–Kier alpha value is -0.850. The fourth-order valence-corrected chi connectivity index (χ4v) is 3.42. The number of nitrogens with zero attached hydrogens (tertiary/aromatic N) is 2. The molecule has 6 heteroatoms. The lowest BCUT2D eigenvalue weighted by molar-refractivity contribution is 0.0191. The molecule has 2 rings (SSSR count). The molecule has 0 saturated carbocycles. The van der Waals surface area contributed by atoms with E-state index in [1.54, 1.807) is 0 Å². The molecule has 0 aromatic heterocycles. The van der Waals surface area contributed by atoms with Crippen molar-refractivity contribution < 1.29 is 9.47 Å². The molecule has 0 radical (unpaired) electrons. The molecule has 2 heterocycles. The fraction of sp³-hybridized carbons (Fsp3) is 0.947. The number of guanidine groups is 1. The van der Waals surface area contributed by atoms with Gasteiger partial charge in [0, 0.05) is 26.2 Å². The van der Waals surface area contributed by atoms with E-state index in [4.69, 9.17) is 9.47 Å². The van der Waals surface area contributed by atoms with Crippen LogP contribution in [0.2, 0.25) is 0 Å². The first-order chi connectivity index (χ1) is 12.4. The molecule has 2 saturated heterocycles. The third-order valence-corrected chi connectivity index (χ3v) is 4.81. The Balaban J connectivity index is 1.53. The highest BCUT2D eigenvalue weighted by Crippen LogP contribution is 2.11. The molecule has 1 unspecified atom stereocenters. The number of aliphatic imine (C=N–C) groups is 1. The average molecular weight is 355 g/mol. The van der Waals surface area contributed by atoms with Crippen molar-refractivity contribution >= 4 is 5.96 Å². The van der Waals surface area contributed by atoms with E-state index in [9.17, 15) is 0 Å². The largest absolute Gasteiger partial charge is 0.377 e. The van der Waals surface area contributed by atoms with Gasteiger partial charge in [-0.3, -0.25) is 4.99 Å². The van der Waals surface area contributed by atoms with Crippen LogP contribution >= 0.6 is 0 Å². The number of likely N-dealkylation sites (tertiary alicyclic amines) is 1. The molecule has 25 heavy (non-hydrogen) atoms. The molecule has 0 aromatic rings. The lowest BCUT2D eigenvalue weighted by Crippen LogP contribution is -2.39. The van der Waals surface area contributed by atoms with Crippen LogP contribution in [0.15, 0.2) is 4.99 Å². The molecule has 1 atom stereocenters. The normalized spacial score (nSPS) is 22.8. The van der Waals surface area contributed by atoms with Gasteiger partial charge in [0.25, 0.3) is 0 Å². The minimum Gasteiger partial charge on any atom is -0.377 e. The Morgan fingerprint density at radius 3 is 2.72 bits per heavy atom. The molecule has 0 aromatic carbocycles. The van der Waals surface area contributed by atoms with E-state index in [1.807, 2.05) is 0 Å². The molecule has 2 aliphatic heterocycles. The van der Waals surface area contributed by atoms with Crippen molar-refractivity contribution in [3.63, 3.8) is 0 Å². The summed E-state index contributed by atoms with van der Waals surface area (Å²) in [5.74, 6) is 0.902. The van der Waals surface area contributed by atoms with Gasteiger partial charge < -0.3 is 25.0 Å². The summed E-state index contributed by atoms with van der Waals surface area (Å²) in [7, 11) is 0. The average Bonchev–Trinajstić information content (AvgIpc) is 3.00. The van der Waals surface area contributed by atoms with Crippen molar-refractivity contribution in [2.24, 2.45) is 4.99 Å². The van der Waals surface area contributed by atoms with Gasteiger partial charge in [0.05, 0.1) is 19.3 Å². The predicted octanol–water partition coefficient (Wildman–Crippen LogP) is 2.00. The van der Waals surface area contributed by atoms with Crippen LogP contribution in [0.3, 0.4) is 0 Å². The number of ether oxygens (including phenoxy) is 2. The Kier molecular flexibility index (Phi) is 10.9. The first kappa shape index (κ1) is 20.5. The second kappa shape index (κ2) is 13.4. The second-order valence-corrected chi connectivity index (χ2v) is 7.01. The topological polar surface area (TPSA) is 58.1 Å². The highest BCUT2D eigenvalue weighted by molar-refractivity contribution is 5.79. The number of nitrogens with one attached hydrogen (secondary N) is 2. The van der Waals surface area contributed by atoms with Crippen LogP contribution in [-0.4, -0.2) is 76.1 Å². The zero-order valence-electron chi connectivity index (χ0n) is 16.1. The van der Waals surface area contributed by atoms with E-state index in [1.165, 1.54) is 51.7 Å². The van der Waals surface area contributed by atoms with E-state index in [-0.39, 0.29) is 0 Å². The van der Waals surface area contributed by atoms with Crippen LogP contribution < -0.4 is 10.6 Å². The van der Waals surface area contributed by atoms with Crippen molar-refractivity contribution in [1.82, 2.24) is 15.5 Å². The third kappa shape index (κ3) is 9.42. The highest BCUT2D eigenvalue weighted by atomic mass is 16.5. The van der Waals surface area contributed by atoms with Gasteiger partial charge in [-0.25, -0.2) is 0 Å². The molecule has 2 fully saturated rings. The molecule has 146 valence electrons. The van der Waals surface area contributed by atoms with Gasteiger partial charge in [0.2, 0.25) is 0 Å².